The summed E-state index contributed by atoms with van der Waals surface area (Å²) < 4.78 is 51.1. The van der Waals surface area contributed by atoms with E-state index in [1.807, 2.05) is 0 Å². The van der Waals surface area contributed by atoms with Crippen LogP contribution in [-0.2, 0) is 11.0 Å². The third kappa shape index (κ3) is 3.63. The van der Waals surface area contributed by atoms with Gasteiger partial charge in [-0.15, -0.1) is 0 Å². The zero-order valence-electron chi connectivity index (χ0n) is 10.3. The molecule has 0 aliphatic carbocycles. The highest BCUT2D eigenvalue weighted by molar-refractivity contribution is 7.99. The number of hydrogen-bond acceptors (Lipinski definition) is 3. The Kier molecular flexibility index (Phi) is 4.54. The lowest BCUT2D eigenvalue weighted by atomic mass is 10.1. The van der Waals surface area contributed by atoms with Crippen molar-refractivity contribution < 1.29 is 22.4 Å². The van der Waals surface area contributed by atoms with Crippen LogP contribution >= 0.6 is 11.8 Å². The first-order chi connectivity index (χ1) is 9.38. The fourth-order valence-electron chi connectivity index (χ4n) is 1.75. The molecule has 8 heteroatoms. The van der Waals surface area contributed by atoms with Gasteiger partial charge in [0.25, 0.3) is 0 Å². The van der Waals surface area contributed by atoms with Crippen molar-refractivity contribution in [2.45, 2.75) is 12.2 Å². The predicted octanol–water partition coefficient (Wildman–Crippen LogP) is 2.49. The molecule has 0 radical (unpaired) electrons. The Bertz CT molecular complexity index is 501. The molecule has 0 spiro atoms. The van der Waals surface area contributed by atoms with Crippen LogP contribution < -0.4 is 10.6 Å². The summed E-state index contributed by atoms with van der Waals surface area (Å²) in [6, 6.07) is 1.41. The van der Waals surface area contributed by atoms with Gasteiger partial charge >= 0.3 is 6.18 Å². The smallest absolute Gasteiger partial charge is 0.322 e. The monoisotopic (exact) mass is 308 g/mol. The molecule has 1 aromatic carbocycles. The van der Waals surface area contributed by atoms with Gasteiger partial charge in [-0.05, 0) is 18.2 Å². The van der Waals surface area contributed by atoms with E-state index in [-0.39, 0.29) is 0 Å². The Balaban J connectivity index is 2.13. The number of halogens is 4. The maximum absolute atomic E-state index is 13.5. The number of alkyl halides is 3. The van der Waals surface area contributed by atoms with Gasteiger partial charge in [0.05, 0.1) is 17.3 Å². The number of thioether (sulfide) groups is 1. The molecule has 1 amide bonds. The lowest BCUT2D eigenvalue weighted by Crippen LogP contribution is -2.46. The predicted molar refractivity (Wildman–Crippen MR) is 69.1 cm³/mol. The van der Waals surface area contributed by atoms with Crippen LogP contribution in [0.15, 0.2) is 18.2 Å². The van der Waals surface area contributed by atoms with Gasteiger partial charge < -0.3 is 10.6 Å². The van der Waals surface area contributed by atoms with Gasteiger partial charge in [-0.1, -0.05) is 0 Å². The summed E-state index contributed by atoms with van der Waals surface area (Å²) in [5, 5.41) is 5.13. The van der Waals surface area contributed by atoms with Crippen molar-refractivity contribution in [1.82, 2.24) is 5.32 Å². The Morgan fingerprint density at radius 3 is 2.75 bits per heavy atom. The standard InChI is InChI=1S/C12H12F4N2OS/c13-8-2-1-7(12(14,15)16)5-9(8)18-11(19)10-6-20-4-3-17-10/h1-2,5,10,17H,3-4,6H2,(H,18,19). The molecule has 110 valence electrons. The van der Waals surface area contributed by atoms with Crippen molar-refractivity contribution in [3.05, 3.63) is 29.6 Å². The van der Waals surface area contributed by atoms with Gasteiger partial charge in [0, 0.05) is 18.1 Å². The molecular weight excluding hydrogens is 296 g/mol. The molecule has 0 bridgehead atoms. The highest BCUT2D eigenvalue weighted by Gasteiger charge is 2.31. The maximum atomic E-state index is 13.5. The molecule has 1 aromatic rings. The Labute approximate surface area is 117 Å². The molecule has 20 heavy (non-hydrogen) atoms. The number of anilines is 1. The second-order valence-corrected chi connectivity index (χ2v) is 5.41. The summed E-state index contributed by atoms with van der Waals surface area (Å²) in [6.07, 6.45) is -4.58. The third-order valence-electron chi connectivity index (χ3n) is 2.79. The van der Waals surface area contributed by atoms with Crippen molar-refractivity contribution in [3.63, 3.8) is 0 Å². The number of hydrogen-bond donors (Lipinski definition) is 2. The van der Waals surface area contributed by atoms with Crippen LogP contribution in [0, 0.1) is 5.82 Å². The molecule has 2 rings (SSSR count). The summed E-state index contributed by atoms with van der Waals surface area (Å²) in [4.78, 5) is 11.8. The Morgan fingerprint density at radius 2 is 2.15 bits per heavy atom. The van der Waals surface area contributed by atoms with E-state index in [9.17, 15) is 22.4 Å². The van der Waals surface area contributed by atoms with E-state index in [0.717, 1.165) is 5.75 Å². The summed E-state index contributed by atoms with van der Waals surface area (Å²) >= 11 is 1.56. The molecule has 1 atom stereocenters. The first-order valence-electron chi connectivity index (χ1n) is 5.86. The second-order valence-electron chi connectivity index (χ2n) is 4.26. The van der Waals surface area contributed by atoms with E-state index in [4.69, 9.17) is 0 Å². The SMILES string of the molecule is O=C(Nc1cc(C(F)(F)F)ccc1F)C1CSCCN1. The highest BCUT2D eigenvalue weighted by Crippen LogP contribution is 2.31. The molecule has 1 unspecified atom stereocenters. The normalized spacial score (nSPS) is 19.7. The number of carbonyl (C=O) groups is 1. The van der Waals surface area contributed by atoms with Crippen molar-refractivity contribution in [1.29, 1.82) is 0 Å². The second kappa shape index (κ2) is 6.01. The minimum atomic E-state index is -4.58. The van der Waals surface area contributed by atoms with E-state index in [0.29, 0.717) is 30.5 Å². The zero-order chi connectivity index (χ0) is 14.8. The lowest BCUT2D eigenvalue weighted by Gasteiger charge is -2.22. The van der Waals surface area contributed by atoms with Gasteiger partial charge in [-0.25, -0.2) is 4.39 Å². The molecule has 1 saturated heterocycles. The molecule has 1 fully saturated rings. The number of rotatable bonds is 2. The largest absolute Gasteiger partial charge is 0.416 e. The fourth-order valence-corrected chi connectivity index (χ4v) is 2.68. The van der Waals surface area contributed by atoms with Gasteiger partial charge in [-0.3, -0.25) is 4.79 Å². The fraction of sp³-hybridized carbons (Fsp3) is 0.417. The number of nitrogens with one attached hydrogen (secondary N) is 2. The molecule has 0 saturated carbocycles. The van der Waals surface area contributed by atoms with Crippen LogP contribution in [-0.4, -0.2) is 30.0 Å². The van der Waals surface area contributed by atoms with E-state index in [1.165, 1.54) is 0 Å². The molecule has 1 heterocycles. The van der Waals surface area contributed by atoms with Gasteiger partial charge in [0.15, 0.2) is 0 Å². The molecule has 1 aliphatic heterocycles. The number of amides is 1. The zero-order valence-corrected chi connectivity index (χ0v) is 11.1. The minimum absolute atomic E-state index is 0.456. The van der Waals surface area contributed by atoms with E-state index >= 15 is 0 Å². The first-order valence-corrected chi connectivity index (χ1v) is 7.02. The summed E-state index contributed by atoms with van der Waals surface area (Å²) in [5.74, 6) is -0.0565. The van der Waals surface area contributed by atoms with Crippen molar-refractivity contribution in [2.75, 3.05) is 23.4 Å². The van der Waals surface area contributed by atoms with E-state index in [2.05, 4.69) is 10.6 Å². The summed E-state index contributed by atoms with van der Waals surface area (Å²) in [6.45, 7) is 0.633. The van der Waals surface area contributed by atoms with E-state index in [1.54, 1.807) is 11.8 Å². The van der Waals surface area contributed by atoms with Crippen LogP contribution in [0.1, 0.15) is 5.56 Å². The molecule has 0 aromatic heterocycles. The van der Waals surface area contributed by atoms with E-state index < -0.39 is 35.2 Å². The quantitative estimate of drug-likeness (QED) is 0.825. The van der Waals surface area contributed by atoms with Crippen molar-refractivity contribution in [3.8, 4) is 0 Å². The summed E-state index contributed by atoms with van der Waals surface area (Å²) in [5.41, 5.74) is -1.46. The van der Waals surface area contributed by atoms with Crippen LogP contribution in [0.25, 0.3) is 0 Å². The van der Waals surface area contributed by atoms with Gasteiger partial charge in [0.1, 0.15) is 5.82 Å². The van der Waals surface area contributed by atoms with Crippen molar-refractivity contribution in [2.24, 2.45) is 0 Å². The molecule has 1 aliphatic rings. The minimum Gasteiger partial charge on any atom is -0.322 e. The first kappa shape index (κ1) is 15.1. The highest BCUT2D eigenvalue weighted by atomic mass is 32.2. The number of carbonyl (C=O) groups excluding carboxylic acids is 1. The lowest BCUT2D eigenvalue weighted by molar-refractivity contribution is -0.137. The topological polar surface area (TPSA) is 41.1 Å². The van der Waals surface area contributed by atoms with Gasteiger partial charge in [0.2, 0.25) is 5.91 Å². The van der Waals surface area contributed by atoms with Crippen LogP contribution in [0.5, 0.6) is 0 Å². The van der Waals surface area contributed by atoms with Crippen LogP contribution in [0.2, 0.25) is 0 Å². The Hall–Kier alpha value is -1.28. The average molecular weight is 308 g/mol. The molecular formula is C12H12F4N2OS. The average Bonchev–Trinajstić information content (AvgIpc) is 2.41. The van der Waals surface area contributed by atoms with Gasteiger partial charge in [-0.2, -0.15) is 24.9 Å². The van der Waals surface area contributed by atoms with Crippen molar-refractivity contribution >= 4 is 23.4 Å². The maximum Gasteiger partial charge on any atom is 0.416 e. The Morgan fingerprint density at radius 1 is 1.40 bits per heavy atom. The molecule has 3 nitrogen and oxygen atoms in total. The number of benzene rings is 1. The van der Waals surface area contributed by atoms with Crippen LogP contribution in [0.3, 0.4) is 0 Å². The van der Waals surface area contributed by atoms with Crippen LogP contribution in [0.4, 0.5) is 23.2 Å². The third-order valence-corrected chi connectivity index (χ3v) is 3.85. The molecule has 2 N–H and O–H groups in total. The summed E-state index contributed by atoms with van der Waals surface area (Å²) in [7, 11) is 0.